The summed E-state index contributed by atoms with van der Waals surface area (Å²) in [6.07, 6.45) is 2.61. The lowest BCUT2D eigenvalue weighted by Crippen LogP contribution is -2.43. The molecule has 0 aromatic rings. The van der Waals surface area contributed by atoms with Crippen molar-refractivity contribution in [2.45, 2.75) is 46.6 Å². The van der Waals surface area contributed by atoms with E-state index in [1.807, 2.05) is 0 Å². The first-order valence-electron chi connectivity index (χ1n) is 7.95. The summed E-state index contributed by atoms with van der Waals surface area (Å²) < 4.78 is 0. The lowest BCUT2D eigenvalue weighted by atomic mass is 9.86. The molecule has 1 aliphatic heterocycles. The summed E-state index contributed by atoms with van der Waals surface area (Å²) in [6, 6.07) is 0.583. The first kappa shape index (κ1) is 16.9. The quantitative estimate of drug-likeness (QED) is 0.729. The van der Waals surface area contributed by atoms with Crippen LogP contribution in [0.15, 0.2) is 0 Å². The molecule has 1 fully saturated rings. The van der Waals surface area contributed by atoms with Crippen LogP contribution in [0.5, 0.6) is 0 Å². The first-order valence-corrected chi connectivity index (χ1v) is 7.95. The summed E-state index contributed by atoms with van der Waals surface area (Å²) in [4.78, 5) is 5.01. The summed E-state index contributed by atoms with van der Waals surface area (Å²) in [5, 5.41) is 3.61. The van der Waals surface area contributed by atoms with Crippen molar-refractivity contribution >= 4 is 0 Å². The summed E-state index contributed by atoms with van der Waals surface area (Å²) in [6.45, 7) is 15.3. The fourth-order valence-electron chi connectivity index (χ4n) is 3.08. The minimum absolute atomic E-state index is 0.392. The molecule has 0 aliphatic carbocycles. The van der Waals surface area contributed by atoms with Gasteiger partial charge in [0, 0.05) is 32.2 Å². The van der Waals surface area contributed by atoms with Crippen molar-refractivity contribution in [1.29, 1.82) is 0 Å². The van der Waals surface area contributed by atoms with Crippen LogP contribution in [0, 0.1) is 11.3 Å². The minimum Gasteiger partial charge on any atom is -0.314 e. The maximum absolute atomic E-state index is 3.61. The van der Waals surface area contributed by atoms with Crippen molar-refractivity contribution in [3.8, 4) is 0 Å². The van der Waals surface area contributed by atoms with E-state index >= 15 is 0 Å². The van der Waals surface area contributed by atoms with E-state index in [0.29, 0.717) is 11.5 Å². The fraction of sp³-hybridized carbons (Fsp3) is 1.00. The van der Waals surface area contributed by atoms with Crippen LogP contribution >= 0.6 is 0 Å². The Kier molecular flexibility index (Phi) is 6.78. The third-order valence-electron chi connectivity index (χ3n) is 4.50. The highest BCUT2D eigenvalue weighted by Crippen LogP contribution is 2.23. The van der Waals surface area contributed by atoms with Crippen LogP contribution in [0.25, 0.3) is 0 Å². The van der Waals surface area contributed by atoms with Crippen LogP contribution in [0.3, 0.4) is 0 Å². The zero-order valence-electron chi connectivity index (χ0n) is 14.0. The smallest absolute Gasteiger partial charge is 0.00445 e. The van der Waals surface area contributed by atoms with Gasteiger partial charge in [-0.15, -0.1) is 0 Å². The van der Waals surface area contributed by atoms with Gasteiger partial charge in [-0.25, -0.2) is 0 Å². The van der Waals surface area contributed by atoms with Crippen LogP contribution in [0.1, 0.15) is 40.5 Å². The molecular formula is C16H35N3. The SMILES string of the molecule is CCC(C)(CNC(C)C)CN(C)CC1CCN(C)C1. The van der Waals surface area contributed by atoms with Gasteiger partial charge in [0.05, 0.1) is 0 Å². The highest BCUT2D eigenvalue weighted by atomic mass is 15.2. The van der Waals surface area contributed by atoms with E-state index < -0.39 is 0 Å². The Balaban J connectivity index is 2.36. The molecule has 1 rings (SSSR count). The molecule has 114 valence electrons. The molecule has 3 heteroatoms. The number of hydrogen-bond acceptors (Lipinski definition) is 3. The Morgan fingerprint density at radius 1 is 1.42 bits per heavy atom. The molecule has 1 heterocycles. The molecule has 1 aliphatic rings. The van der Waals surface area contributed by atoms with Gasteiger partial charge in [0.2, 0.25) is 0 Å². The number of hydrogen-bond donors (Lipinski definition) is 1. The Hall–Kier alpha value is -0.120. The van der Waals surface area contributed by atoms with Crippen molar-refractivity contribution in [2.24, 2.45) is 11.3 Å². The Bertz CT molecular complexity index is 254. The molecule has 2 atom stereocenters. The van der Waals surface area contributed by atoms with E-state index in [1.54, 1.807) is 0 Å². The van der Waals surface area contributed by atoms with Crippen LogP contribution < -0.4 is 5.32 Å². The lowest BCUT2D eigenvalue weighted by Gasteiger charge is -2.35. The maximum atomic E-state index is 3.61. The topological polar surface area (TPSA) is 18.5 Å². The minimum atomic E-state index is 0.392. The molecule has 0 aromatic heterocycles. The average molecular weight is 269 g/mol. The van der Waals surface area contributed by atoms with Crippen LogP contribution in [0.2, 0.25) is 0 Å². The molecule has 2 unspecified atom stereocenters. The standard InChI is InChI=1S/C16H35N3/c1-7-16(4,12-17-14(2)3)13-19(6)11-15-8-9-18(5)10-15/h14-15,17H,7-13H2,1-6H3. The van der Waals surface area contributed by atoms with E-state index in [0.717, 1.165) is 12.5 Å². The van der Waals surface area contributed by atoms with Gasteiger partial charge in [0.15, 0.2) is 0 Å². The van der Waals surface area contributed by atoms with Gasteiger partial charge in [-0.3, -0.25) is 0 Å². The second kappa shape index (κ2) is 7.61. The van der Waals surface area contributed by atoms with E-state index in [-0.39, 0.29) is 0 Å². The molecule has 1 saturated heterocycles. The van der Waals surface area contributed by atoms with E-state index in [9.17, 15) is 0 Å². The van der Waals surface area contributed by atoms with Gasteiger partial charge in [-0.05, 0) is 44.8 Å². The largest absolute Gasteiger partial charge is 0.314 e. The van der Waals surface area contributed by atoms with Crippen molar-refractivity contribution in [1.82, 2.24) is 15.1 Å². The van der Waals surface area contributed by atoms with Gasteiger partial charge >= 0.3 is 0 Å². The Labute approximate surface area is 120 Å². The predicted molar refractivity (Wildman–Crippen MR) is 84.6 cm³/mol. The van der Waals surface area contributed by atoms with Crippen molar-refractivity contribution in [2.75, 3.05) is 46.8 Å². The van der Waals surface area contributed by atoms with Crippen LogP contribution in [-0.4, -0.2) is 62.7 Å². The van der Waals surface area contributed by atoms with Gasteiger partial charge in [0.25, 0.3) is 0 Å². The average Bonchev–Trinajstić information content (AvgIpc) is 2.72. The van der Waals surface area contributed by atoms with E-state index in [1.165, 1.54) is 39.0 Å². The molecule has 0 bridgehead atoms. The van der Waals surface area contributed by atoms with Crippen molar-refractivity contribution in [3.05, 3.63) is 0 Å². The van der Waals surface area contributed by atoms with Gasteiger partial charge < -0.3 is 15.1 Å². The normalized spacial score (nSPS) is 24.3. The monoisotopic (exact) mass is 269 g/mol. The zero-order chi connectivity index (χ0) is 14.5. The second-order valence-corrected chi connectivity index (χ2v) is 7.31. The third-order valence-corrected chi connectivity index (χ3v) is 4.50. The van der Waals surface area contributed by atoms with Gasteiger partial charge in [-0.1, -0.05) is 27.7 Å². The zero-order valence-corrected chi connectivity index (χ0v) is 14.0. The molecule has 19 heavy (non-hydrogen) atoms. The first-order chi connectivity index (χ1) is 8.84. The third kappa shape index (κ3) is 6.24. The van der Waals surface area contributed by atoms with Gasteiger partial charge in [-0.2, -0.15) is 0 Å². The maximum Gasteiger partial charge on any atom is 0.00445 e. The van der Waals surface area contributed by atoms with Crippen molar-refractivity contribution in [3.63, 3.8) is 0 Å². The highest BCUT2D eigenvalue weighted by molar-refractivity contribution is 4.82. The number of likely N-dealkylation sites (tertiary alicyclic amines) is 1. The molecule has 0 spiro atoms. The summed E-state index contributed by atoms with van der Waals surface area (Å²) in [7, 11) is 4.53. The molecule has 0 aromatic carbocycles. The summed E-state index contributed by atoms with van der Waals surface area (Å²) in [5.74, 6) is 0.870. The van der Waals surface area contributed by atoms with Crippen LogP contribution in [0.4, 0.5) is 0 Å². The molecule has 0 saturated carbocycles. The lowest BCUT2D eigenvalue weighted by molar-refractivity contribution is 0.160. The predicted octanol–water partition coefficient (Wildman–Crippen LogP) is 2.28. The second-order valence-electron chi connectivity index (χ2n) is 7.31. The molecule has 3 nitrogen and oxygen atoms in total. The van der Waals surface area contributed by atoms with Gasteiger partial charge in [0.1, 0.15) is 0 Å². The van der Waals surface area contributed by atoms with E-state index in [4.69, 9.17) is 0 Å². The Morgan fingerprint density at radius 3 is 2.58 bits per heavy atom. The number of nitrogens with zero attached hydrogens (tertiary/aromatic N) is 2. The Morgan fingerprint density at radius 2 is 2.11 bits per heavy atom. The molecular weight excluding hydrogens is 234 g/mol. The molecule has 0 amide bonds. The fourth-order valence-corrected chi connectivity index (χ4v) is 3.08. The summed E-state index contributed by atoms with van der Waals surface area (Å²) >= 11 is 0. The molecule has 1 N–H and O–H groups in total. The van der Waals surface area contributed by atoms with E-state index in [2.05, 4.69) is 56.9 Å². The number of nitrogens with one attached hydrogen (secondary N) is 1. The van der Waals surface area contributed by atoms with Crippen molar-refractivity contribution < 1.29 is 0 Å². The van der Waals surface area contributed by atoms with Crippen LogP contribution in [-0.2, 0) is 0 Å². The summed E-state index contributed by atoms with van der Waals surface area (Å²) in [5.41, 5.74) is 0.392. The number of rotatable bonds is 8. The highest BCUT2D eigenvalue weighted by Gasteiger charge is 2.26. The molecule has 0 radical (unpaired) electrons.